The number of imidazole rings is 1. The monoisotopic (exact) mass is 288 g/mol. The molecule has 1 aromatic heterocycles. The summed E-state index contributed by atoms with van der Waals surface area (Å²) in [5.41, 5.74) is 8.22. The van der Waals surface area contributed by atoms with Crippen LogP contribution in [0.3, 0.4) is 0 Å². The number of para-hydroxylation sites is 2. The lowest BCUT2D eigenvalue weighted by molar-refractivity contribution is 0.303. The molecule has 1 aromatic carbocycles. The fraction of sp³-hybridized carbons (Fsp3) is 0.588. The van der Waals surface area contributed by atoms with Crippen molar-refractivity contribution >= 4 is 11.0 Å². The Morgan fingerprint density at radius 3 is 2.67 bits per heavy atom. The summed E-state index contributed by atoms with van der Waals surface area (Å²) in [6, 6.07) is 8.31. The van der Waals surface area contributed by atoms with Crippen molar-refractivity contribution in [3.63, 3.8) is 0 Å². The van der Waals surface area contributed by atoms with Crippen molar-refractivity contribution in [2.45, 2.75) is 52.2 Å². The maximum Gasteiger partial charge on any atom is 0.124 e. The Morgan fingerprint density at radius 2 is 2.00 bits per heavy atom. The lowest BCUT2D eigenvalue weighted by atomic mass is 10.1. The van der Waals surface area contributed by atoms with Gasteiger partial charge in [0.25, 0.3) is 0 Å². The van der Waals surface area contributed by atoms with Crippen LogP contribution in [-0.4, -0.2) is 33.6 Å². The molecule has 0 saturated carbocycles. The first-order valence-electron chi connectivity index (χ1n) is 7.82. The molecule has 4 heteroatoms. The molecule has 21 heavy (non-hydrogen) atoms. The van der Waals surface area contributed by atoms with Gasteiger partial charge in [0.2, 0.25) is 0 Å². The van der Waals surface area contributed by atoms with Gasteiger partial charge >= 0.3 is 0 Å². The van der Waals surface area contributed by atoms with Crippen molar-refractivity contribution in [3.05, 3.63) is 30.1 Å². The largest absolute Gasteiger partial charge is 0.325 e. The van der Waals surface area contributed by atoms with Crippen LogP contribution < -0.4 is 5.73 Å². The predicted molar refractivity (Wildman–Crippen MR) is 89.2 cm³/mol. The number of nitrogens with zero attached hydrogens (tertiary/aromatic N) is 3. The van der Waals surface area contributed by atoms with Gasteiger partial charge in [0, 0.05) is 12.1 Å². The van der Waals surface area contributed by atoms with E-state index >= 15 is 0 Å². The topological polar surface area (TPSA) is 47.1 Å². The third kappa shape index (κ3) is 4.29. The molecule has 0 amide bonds. The van der Waals surface area contributed by atoms with E-state index in [4.69, 9.17) is 10.7 Å². The van der Waals surface area contributed by atoms with Crippen LogP contribution in [0.15, 0.2) is 24.3 Å². The summed E-state index contributed by atoms with van der Waals surface area (Å²) >= 11 is 0. The van der Waals surface area contributed by atoms with Crippen LogP contribution in [0, 0.1) is 0 Å². The Morgan fingerprint density at radius 1 is 1.29 bits per heavy atom. The van der Waals surface area contributed by atoms with Gasteiger partial charge in [-0.1, -0.05) is 25.5 Å². The Kier molecular flexibility index (Phi) is 5.01. The smallest absolute Gasteiger partial charge is 0.124 e. The highest BCUT2D eigenvalue weighted by Gasteiger charge is 2.18. The molecule has 1 heterocycles. The number of hydrogen-bond acceptors (Lipinski definition) is 3. The fourth-order valence-electron chi connectivity index (χ4n) is 2.58. The Bertz CT molecular complexity index is 580. The number of benzene rings is 1. The summed E-state index contributed by atoms with van der Waals surface area (Å²) in [5.74, 6) is 1.10. The molecule has 0 saturated heterocycles. The zero-order chi connectivity index (χ0) is 15.5. The first-order chi connectivity index (χ1) is 9.90. The lowest BCUT2D eigenvalue weighted by Crippen LogP contribution is -2.38. The molecule has 0 atom stereocenters. The fourth-order valence-corrected chi connectivity index (χ4v) is 2.58. The van der Waals surface area contributed by atoms with Gasteiger partial charge < -0.3 is 10.3 Å². The maximum absolute atomic E-state index is 6.24. The van der Waals surface area contributed by atoms with E-state index in [1.807, 2.05) is 6.07 Å². The molecule has 0 aliphatic heterocycles. The van der Waals surface area contributed by atoms with Crippen LogP contribution in [0.4, 0.5) is 0 Å². The number of fused-ring (bicyclic) bond motifs is 1. The highest BCUT2D eigenvalue weighted by molar-refractivity contribution is 5.75. The van der Waals surface area contributed by atoms with E-state index in [0.29, 0.717) is 0 Å². The summed E-state index contributed by atoms with van der Waals surface area (Å²) in [6.45, 7) is 9.10. The molecular formula is C17H28N4. The highest BCUT2D eigenvalue weighted by Crippen LogP contribution is 2.19. The molecule has 2 rings (SSSR count). The summed E-state index contributed by atoms with van der Waals surface area (Å²) in [4.78, 5) is 7.15. The van der Waals surface area contributed by atoms with E-state index in [9.17, 15) is 0 Å². The molecule has 4 nitrogen and oxygen atoms in total. The standard InChI is InChI=1S/C17H28N4/c1-5-6-11-20(4)12-16-19-14-9-7-8-10-15(14)21(16)13-17(2,3)18/h7-10H,5-6,11-13,18H2,1-4H3. The summed E-state index contributed by atoms with van der Waals surface area (Å²) < 4.78 is 2.28. The molecule has 0 unspecified atom stereocenters. The van der Waals surface area contributed by atoms with Gasteiger partial charge in [-0.05, 0) is 46.0 Å². The third-order valence-corrected chi connectivity index (χ3v) is 3.60. The van der Waals surface area contributed by atoms with E-state index < -0.39 is 0 Å². The van der Waals surface area contributed by atoms with E-state index in [2.05, 4.69) is 55.5 Å². The number of aromatic nitrogens is 2. The zero-order valence-corrected chi connectivity index (χ0v) is 13.8. The molecule has 116 valence electrons. The predicted octanol–water partition coefficient (Wildman–Crippen LogP) is 3.01. The second-order valence-corrected chi connectivity index (χ2v) is 6.68. The quantitative estimate of drug-likeness (QED) is 0.852. The van der Waals surface area contributed by atoms with E-state index in [1.54, 1.807) is 0 Å². The van der Waals surface area contributed by atoms with Gasteiger partial charge in [0.05, 0.1) is 17.6 Å². The van der Waals surface area contributed by atoms with E-state index in [1.165, 1.54) is 18.4 Å². The van der Waals surface area contributed by atoms with Gasteiger partial charge in [-0.2, -0.15) is 0 Å². The van der Waals surface area contributed by atoms with Gasteiger partial charge in [-0.3, -0.25) is 4.90 Å². The van der Waals surface area contributed by atoms with Crippen LogP contribution in [-0.2, 0) is 13.1 Å². The third-order valence-electron chi connectivity index (χ3n) is 3.60. The van der Waals surface area contributed by atoms with Crippen LogP contribution in [0.5, 0.6) is 0 Å². The van der Waals surface area contributed by atoms with Crippen LogP contribution >= 0.6 is 0 Å². The Hall–Kier alpha value is -1.39. The number of rotatable bonds is 7. The van der Waals surface area contributed by atoms with Crippen LogP contribution in [0.1, 0.15) is 39.4 Å². The van der Waals surface area contributed by atoms with Gasteiger partial charge in [-0.15, -0.1) is 0 Å². The van der Waals surface area contributed by atoms with Gasteiger partial charge in [0.15, 0.2) is 0 Å². The van der Waals surface area contributed by atoms with Crippen LogP contribution in [0.2, 0.25) is 0 Å². The molecule has 0 radical (unpaired) electrons. The second kappa shape index (κ2) is 6.58. The summed E-state index contributed by atoms with van der Waals surface area (Å²) in [7, 11) is 2.16. The normalized spacial score (nSPS) is 12.5. The number of unbranched alkanes of at least 4 members (excludes halogenated alkanes) is 1. The lowest BCUT2D eigenvalue weighted by Gasteiger charge is -2.23. The van der Waals surface area contributed by atoms with Crippen molar-refractivity contribution in [1.29, 1.82) is 0 Å². The van der Waals surface area contributed by atoms with Crippen molar-refractivity contribution in [2.24, 2.45) is 5.73 Å². The summed E-state index contributed by atoms with van der Waals surface area (Å²) in [6.07, 6.45) is 2.44. The second-order valence-electron chi connectivity index (χ2n) is 6.68. The van der Waals surface area contributed by atoms with Crippen LogP contribution in [0.25, 0.3) is 11.0 Å². The van der Waals surface area contributed by atoms with Crippen molar-refractivity contribution in [3.8, 4) is 0 Å². The molecule has 0 aliphatic rings. The minimum absolute atomic E-state index is 0.250. The molecule has 2 aromatic rings. The Labute approximate surface area is 128 Å². The molecule has 0 fully saturated rings. The minimum atomic E-state index is -0.250. The number of nitrogens with two attached hydrogens (primary N) is 1. The van der Waals surface area contributed by atoms with Gasteiger partial charge in [0.1, 0.15) is 5.82 Å². The highest BCUT2D eigenvalue weighted by atomic mass is 15.2. The van der Waals surface area contributed by atoms with E-state index in [-0.39, 0.29) is 5.54 Å². The van der Waals surface area contributed by atoms with Crippen molar-refractivity contribution in [2.75, 3.05) is 13.6 Å². The SMILES string of the molecule is CCCCN(C)Cc1nc2ccccc2n1CC(C)(C)N. The van der Waals surface area contributed by atoms with E-state index in [0.717, 1.165) is 31.0 Å². The molecule has 0 spiro atoms. The maximum atomic E-state index is 6.24. The van der Waals surface area contributed by atoms with Crippen molar-refractivity contribution < 1.29 is 0 Å². The first kappa shape index (κ1) is 16.0. The van der Waals surface area contributed by atoms with Crippen molar-refractivity contribution in [1.82, 2.24) is 14.5 Å². The molecule has 2 N–H and O–H groups in total. The summed E-state index contributed by atoms with van der Waals surface area (Å²) in [5, 5.41) is 0. The molecule has 0 aliphatic carbocycles. The molecule has 0 bridgehead atoms. The average molecular weight is 288 g/mol. The average Bonchev–Trinajstić information content (AvgIpc) is 2.73. The number of hydrogen-bond donors (Lipinski definition) is 1. The zero-order valence-electron chi connectivity index (χ0n) is 13.8. The van der Waals surface area contributed by atoms with Gasteiger partial charge in [-0.25, -0.2) is 4.98 Å². The molecular weight excluding hydrogens is 260 g/mol. The Balaban J connectivity index is 2.30. The first-order valence-corrected chi connectivity index (χ1v) is 7.82. The minimum Gasteiger partial charge on any atom is -0.325 e.